The summed E-state index contributed by atoms with van der Waals surface area (Å²) in [6.07, 6.45) is 25.1. The standard InChI is InChI=1S/C44H83NO10/c1-3-5-7-9-11-13-15-16-17-18-19-20-21-22-24-26-28-30-32-37(48)43(53)45-35(34-54-44-42(52)41(51)40(50)38(33-46)55-44)39(49)36(47)31-29-27-25-23-14-12-10-8-6-4-2/h11,13,15-16,35-42,44,46-52H,3-10,12,14,17-34H2,1-2H3,(H,45,53)/b13-11-,16-15-. The summed E-state index contributed by atoms with van der Waals surface area (Å²) in [6.45, 7) is 3.37. The van der Waals surface area contributed by atoms with Crippen LogP contribution in [0.15, 0.2) is 24.3 Å². The third-order valence-corrected chi connectivity index (χ3v) is 10.8. The van der Waals surface area contributed by atoms with Gasteiger partial charge in [-0.15, -0.1) is 0 Å². The minimum absolute atomic E-state index is 0.255. The van der Waals surface area contributed by atoms with Crippen LogP contribution in [0.5, 0.6) is 0 Å². The molecule has 8 N–H and O–H groups in total. The predicted octanol–water partition coefficient (Wildman–Crippen LogP) is 6.67. The second-order valence-electron chi connectivity index (χ2n) is 15.8. The molecule has 0 aromatic carbocycles. The molecular formula is C44H83NO10. The van der Waals surface area contributed by atoms with Gasteiger partial charge in [0.25, 0.3) is 0 Å². The molecular weight excluding hydrogens is 702 g/mol. The third kappa shape index (κ3) is 24.9. The minimum Gasteiger partial charge on any atom is -0.394 e. The summed E-state index contributed by atoms with van der Waals surface area (Å²) < 4.78 is 11.1. The minimum atomic E-state index is -1.66. The van der Waals surface area contributed by atoms with Crippen molar-refractivity contribution >= 4 is 5.91 Å². The first-order valence-corrected chi connectivity index (χ1v) is 22.3. The van der Waals surface area contributed by atoms with Gasteiger partial charge in [0.1, 0.15) is 36.6 Å². The van der Waals surface area contributed by atoms with Gasteiger partial charge in [0.2, 0.25) is 5.91 Å². The summed E-state index contributed by atoms with van der Waals surface area (Å²) in [5.74, 6) is -0.703. The zero-order chi connectivity index (χ0) is 40.5. The van der Waals surface area contributed by atoms with E-state index >= 15 is 0 Å². The molecule has 9 unspecified atom stereocenters. The number of allylic oxidation sites excluding steroid dienone is 4. The molecule has 1 amide bonds. The third-order valence-electron chi connectivity index (χ3n) is 10.8. The van der Waals surface area contributed by atoms with Crippen molar-refractivity contribution in [3.63, 3.8) is 0 Å². The van der Waals surface area contributed by atoms with E-state index in [1.165, 1.54) is 96.3 Å². The monoisotopic (exact) mass is 786 g/mol. The molecule has 0 radical (unpaired) electrons. The quantitative estimate of drug-likeness (QED) is 0.0252. The Labute approximate surface area is 334 Å². The van der Waals surface area contributed by atoms with Gasteiger partial charge < -0.3 is 50.5 Å². The van der Waals surface area contributed by atoms with Crippen LogP contribution in [0.1, 0.15) is 181 Å². The van der Waals surface area contributed by atoms with E-state index in [9.17, 15) is 40.5 Å². The molecule has 0 saturated carbocycles. The highest BCUT2D eigenvalue weighted by atomic mass is 16.7. The second-order valence-corrected chi connectivity index (χ2v) is 15.8. The number of hydrogen-bond donors (Lipinski definition) is 8. The van der Waals surface area contributed by atoms with Gasteiger partial charge in [0.05, 0.1) is 25.4 Å². The Bertz CT molecular complexity index is 950. The van der Waals surface area contributed by atoms with Crippen LogP contribution in [0.25, 0.3) is 0 Å². The number of carbonyl (C=O) groups is 1. The molecule has 1 saturated heterocycles. The molecule has 0 spiro atoms. The Morgan fingerprint density at radius 2 is 1.09 bits per heavy atom. The Hall–Kier alpha value is -1.41. The largest absolute Gasteiger partial charge is 0.394 e. The van der Waals surface area contributed by atoms with Crippen LogP contribution in [-0.2, 0) is 14.3 Å². The van der Waals surface area contributed by atoms with E-state index in [-0.39, 0.29) is 6.42 Å². The van der Waals surface area contributed by atoms with E-state index in [1.807, 2.05) is 0 Å². The molecule has 55 heavy (non-hydrogen) atoms. The topological polar surface area (TPSA) is 189 Å². The average Bonchev–Trinajstić information content (AvgIpc) is 3.18. The number of nitrogens with one attached hydrogen (secondary N) is 1. The van der Waals surface area contributed by atoms with Crippen molar-refractivity contribution in [3.8, 4) is 0 Å². The first-order valence-electron chi connectivity index (χ1n) is 22.3. The molecule has 1 aliphatic heterocycles. The molecule has 0 bridgehead atoms. The molecule has 0 aliphatic carbocycles. The number of carbonyl (C=O) groups excluding carboxylic acids is 1. The van der Waals surface area contributed by atoms with E-state index in [1.54, 1.807) is 0 Å². The number of amides is 1. The maximum atomic E-state index is 13.0. The van der Waals surface area contributed by atoms with Crippen LogP contribution in [0, 0.1) is 0 Å². The lowest BCUT2D eigenvalue weighted by Gasteiger charge is -2.40. The summed E-state index contributed by atoms with van der Waals surface area (Å²) >= 11 is 0. The van der Waals surface area contributed by atoms with Crippen molar-refractivity contribution in [2.45, 2.75) is 236 Å². The van der Waals surface area contributed by atoms with Crippen LogP contribution in [-0.4, -0.2) is 110 Å². The zero-order valence-electron chi connectivity index (χ0n) is 34.7. The Kier molecular flexibility index (Phi) is 32.5. The molecule has 1 heterocycles. The van der Waals surface area contributed by atoms with Crippen LogP contribution >= 0.6 is 0 Å². The fraction of sp³-hybridized carbons (Fsp3) is 0.886. The van der Waals surface area contributed by atoms with Gasteiger partial charge in [-0.2, -0.15) is 0 Å². The van der Waals surface area contributed by atoms with Crippen molar-refractivity contribution < 1.29 is 50.0 Å². The molecule has 1 aliphatic rings. The summed E-state index contributed by atoms with van der Waals surface area (Å²) in [5.41, 5.74) is 0. The van der Waals surface area contributed by atoms with E-state index in [0.717, 1.165) is 44.9 Å². The fourth-order valence-corrected chi connectivity index (χ4v) is 7.02. The Morgan fingerprint density at radius 1 is 0.636 bits per heavy atom. The van der Waals surface area contributed by atoms with E-state index in [0.29, 0.717) is 19.3 Å². The van der Waals surface area contributed by atoms with Crippen LogP contribution in [0.4, 0.5) is 0 Å². The number of hydrogen-bond acceptors (Lipinski definition) is 10. The highest BCUT2D eigenvalue weighted by molar-refractivity contribution is 5.80. The summed E-state index contributed by atoms with van der Waals surface area (Å²) in [6, 6.07) is -1.17. The number of aliphatic hydroxyl groups excluding tert-OH is 7. The van der Waals surface area contributed by atoms with Gasteiger partial charge in [-0.1, -0.05) is 167 Å². The van der Waals surface area contributed by atoms with E-state index in [4.69, 9.17) is 9.47 Å². The van der Waals surface area contributed by atoms with Gasteiger partial charge in [-0.3, -0.25) is 4.79 Å². The number of ether oxygens (including phenoxy) is 2. The fourth-order valence-electron chi connectivity index (χ4n) is 7.02. The van der Waals surface area contributed by atoms with Crippen molar-refractivity contribution in [1.29, 1.82) is 0 Å². The summed E-state index contributed by atoms with van der Waals surface area (Å²) in [7, 11) is 0. The number of unbranched alkanes of at least 4 members (excludes halogenated alkanes) is 21. The first kappa shape index (κ1) is 51.6. The van der Waals surface area contributed by atoms with Crippen LogP contribution < -0.4 is 5.32 Å². The van der Waals surface area contributed by atoms with Gasteiger partial charge in [-0.25, -0.2) is 0 Å². The van der Waals surface area contributed by atoms with Gasteiger partial charge in [0.15, 0.2) is 6.29 Å². The van der Waals surface area contributed by atoms with Gasteiger partial charge in [-0.05, 0) is 38.5 Å². The highest BCUT2D eigenvalue weighted by Crippen LogP contribution is 2.23. The molecule has 324 valence electrons. The SMILES string of the molecule is CCCCC/C=C\C=C/CCCCCCCCCCCC(O)C(=O)NC(COC1OC(CO)C(O)C(O)C1O)C(O)C(O)CCCCCCCCCCCC. The van der Waals surface area contributed by atoms with Crippen molar-refractivity contribution in [2.75, 3.05) is 13.2 Å². The van der Waals surface area contributed by atoms with Crippen LogP contribution in [0.3, 0.4) is 0 Å². The molecule has 0 aromatic heterocycles. The molecule has 11 heteroatoms. The normalized spacial score (nSPS) is 22.7. The maximum Gasteiger partial charge on any atom is 0.249 e. The molecule has 1 fully saturated rings. The molecule has 1 rings (SSSR count). The van der Waals surface area contributed by atoms with E-state index in [2.05, 4.69) is 43.5 Å². The van der Waals surface area contributed by atoms with Crippen molar-refractivity contribution in [1.82, 2.24) is 5.32 Å². The predicted molar refractivity (Wildman–Crippen MR) is 219 cm³/mol. The first-order chi connectivity index (χ1) is 26.7. The van der Waals surface area contributed by atoms with Crippen molar-refractivity contribution in [3.05, 3.63) is 24.3 Å². The van der Waals surface area contributed by atoms with Crippen LogP contribution in [0.2, 0.25) is 0 Å². The smallest absolute Gasteiger partial charge is 0.249 e. The van der Waals surface area contributed by atoms with Gasteiger partial charge in [0, 0.05) is 0 Å². The number of rotatable bonds is 36. The maximum absolute atomic E-state index is 13.0. The van der Waals surface area contributed by atoms with Gasteiger partial charge >= 0.3 is 0 Å². The lowest BCUT2D eigenvalue weighted by atomic mass is 9.98. The average molecular weight is 786 g/mol. The lowest BCUT2D eigenvalue weighted by molar-refractivity contribution is -0.303. The molecule has 0 aromatic rings. The Balaban J connectivity index is 2.45. The molecule has 9 atom stereocenters. The second kappa shape index (κ2) is 34.6. The Morgan fingerprint density at radius 3 is 1.62 bits per heavy atom. The van der Waals surface area contributed by atoms with E-state index < -0.39 is 74.2 Å². The number of aliphatic hydroxyl groups is 7. The summed E-state index contributed by atoms with van der Waals surface area (Å²) in [5, 5.41) is 75.4. The summed E-state index contributed by atoms with van der Waals surface area (Å²) in [4.78, 5) is 13.0. The lowest BCUT2D eigenvalue weighted by Crippen LogP contribution is -2.60. The van der Waals surface area contributed by atoms with Crippen molar-refractivity contribution in [2.24, 2.45) is 0 Å². The highest BCUT2D eigenvalue weighted by Gasteiger charge is 2.44. The molecule has 11 nitrogen and oxygen atoms in total. The zero-order valence-corrected chi connectivity index (χ0v) is 34.7.